The molecule has 0 aliphatic carbocycles. The molecule has 22 heavy (non-hydrogen) atoms. The number of methoxy groups -OCH3 is 1. The van der Waals surface area contributed by atoms with Gasteiger partial charge in [0.05, 0.1) is 12.8 Å². The third-order valence-corrected chi connectivity index (χ3v) is 2.88. The van der Waals surface area contributed by atoms with Gasteiger partial charge in [0.1, 0.15) is 17.9 Å². The quantitative estimate of drug-likeness (QED) is 0.882. The molecule has 0 bridgehead atoms. The summed E-state index contributed by atoms with van der Waals surface area (Å²) in [4.78, 5) is 31.4. The summed E-state index contributed by atoms with van der Waals surface area (Å²) in [6.45, 7) is 1.74. The number of nitrogens with one attached hydrogen (secondary N) is 2. The number of rotatable bonds is 5. The Morgan fingerprint density at radius 2 is 2.05 bits per heavy atom. The molecule has 7 heteroatoms. The number of carbonyl (C=O) groups excluding carboxylic acids is 2. The topological polar surface area (TPSA) is 93.2 Å². The number of anilines is 2. The Hall–Kier alpha value is -2.96. The van der Waals surface area contributed by atoms with Crippen molar-refractivity contribution < 1.29 is 14.3 Å². The van der Waals surface area contributed by atoms with E-state index in [1.807, 2.05) is 0 Å². The maximum absolute atomic E-state index is 12.2. The van der Waals surface area contributed by atoms with Crippen LogP contribution in [0.5, 0.6) is 5.75 Å². The molecule has 7 nitrogen and oxygen atoms in total. The number of hydrogen-bond acceptors (Lipinski definition) is 5. The third-order valence-electron chi connectivity index (χ3n) is 2.88. The first-order valence-electron chi connectivity index (χ1n) is 6.69. The highest BCUT2D eigenvalue weighted by molar-refractivity contribution is 6.05. The van der Waals surface area contributed by atoms with Gasteiger partial charge in [-0.15, -0.1) is 0 Å². The van der Waals surface area contributed by atoms with Gasteiger partial charge in [-0.25, -0.2) is 9.97 Å². The zero-order valence-electron chi connectivity index (χ0n) is 12.3. The molecular formula is C15H16N4O3. The first-order valence-corrected chi connectivity index (χ1v) is 6.69. The summed E-state index contributed by atoms with van der Waals surface area (Å²) in [6.07, 6.45) is 3.21. The largest absolute Gasteiger partial charge is 0.495 e. The maximum atomic E-state index is 12.2. The first-order chi connectivity index (χ1) is 10.6. The second-order valence-electron chi connectivity index (χ2n) is 4.37. The highest BCUT2D eigenvalue weighted by Crippen LogP contribution is 2.26. The maximum Gasteiger partial charge on any atom is 0.256 e. The molecule has 0 radical (unpaired) electrons. The van der Waals surface area contributed by atoms with E-state index < -0.39 is 0 Å². The van der Waals surface area contributed by atoms with Crippen molar-refractivity contribution in [3.8, 4) is 5.75 Å². The van der Waals surface area contributed by atoms with Crippen LogP contribution in [0.1, 0.15) is 23.7 Å². The van der Waals surface area contributed by atoms with Gasteiger partial charge in [0.15, 0.2) is 0 Å². The fourth-order valence-electron chi connectivity index (χ4n) is 1.74. The van der Waals surface area contributed by atoms with Crippen LogP contribution in [0.2, 0.25) is 0 Å². The molecule has 0 fully saturated rings. The molecule has 2 rings (SSSR count). The van der Waals surface area contributed by atoms with Crippen LogP contribution >= 0.6 is 0 Å². The summed E-state index contributed by atoms with van der Waals surface area (Å²) in [5.41, 5.74) is 0.829. The molecule has 1 aromatic carbocycles. The minimum atomic E-state index is -0.339. The van der Waals surface area contributed by atoms with Crippen molar-refractivity contribution in [2.75, 3.05) is 17.7 Å². The monoisotopic (exact) mass is 300 g/mol. The number of aromatic nitrogens is 2. The minimum Gasteiger partial charge on any atom is -0.495 e. The molecule has 1 aromatic heterocycles. The zero-order chi connectivity index (χ0) is 15.9. The Kier molecular flexibility index (Phi) is 5.02. The van der Waals surface area contributed by atoms with E-state index in [1.165, 1.54) is 19.6 Å². The van der Waals surface area contributed by atoms with E-state index in [4.69, 9.17) is 4.74 Å². The van der Waals surface area contributed by atoms with E-state index in [9.17, 15) is 9.59 Å². The second kappa shape index (κ2) is 7.16. The van der Waals surface area contributed by atoms with Gasteiger partial charge in [-0.05, 0) is 24.3 Å². The van der Waals surface area contributed by atoms with Crippen LogP contribution in [0.3, 0.4) is 0 Å². The van der Waals surface area contributed by atoms with Crippen molar-refractivity contribution >= 4 is 23.3 Å². The van der Waals surface area contributed by atoms with Gasteiger partial charge in [-0.1, -0.05) is 6.92 Å². The van der Waals surface area contributed by atoms with Crippen LogP contribution < -0.4 is 15.4 Å². The van der Waals surface area contributed by atoms with Crippen LogP contribution in [0.25, 0.3) is 0 Å². The van der Waals surface area contributed by atoms with E-state index in [-0.39, 0.29) is 11.8 Å². The lowest BCUT2D eigenvalue weighted by atomic mass is 10.1. The molecule has 0 unspecified atom stereocenters. The zero-order valence-corrected chi connectivity index (χ0v) is 12.3. The summed E-state index contributed by atoms with van der Waals surface area (Å²) < 4.78 is 5.18. The smallest absolute Gasteiger partial charge is 0.256 e. The number of hydrogen-bond donors (Lipinski definition) is 2. The highest BCUT2D eigenvalue weighted by Gasteiger charge is 2.12. The summed E-state index contributed by atoms with van der Waals surface area (Å²) in [5, 5.41) is 5.35. The highest BCUT2D eigenvalue weighted by atomic mass is 16.5. The molecule has 0 saturated carbocycles. The molecule has 0 aliphatic rings. The van der Waals surface area contributed by atoms with Crippen molar-refractivity contribution in [1.29, 1.82) is 0 Å². The Bertz CT molecular complexity index is 674. The van der Waals surface area contributed by atoms with Crippen molar-refractivity contribution in [2.45, 2.75) is 13.3 Å². The third kappa shape index (κ3) is 3.78. The number of benzene rings is 1. The van der Waals surface area contributed by atoms with Crippen LogP contribution in [-0.2, 0) is 4.79 Å². The molecule has 0 atom stereocenters. The van der Waals surface area contributed by atoms with E-state index in [0.717, 1.165) is 0 Å². The number of amides is 2. The SMILES string of the molecule is CCC(=O)Nc1cc(C(=O)Nc2ccncn2)ccc1OC. The van der Waals surface area contributed by atoms with Gasteiger partial charge in [0.2, 0.25) is 5.91 Å². The van der Waals surface area contributed by atoms with Crippen LogP contribution in [0, 0.1) is 0 Å². The van der Waals surface area contributed by atoms with E-state index in [0.29, 0.717) is 29.2 Å². The van der Waals surface area contributed by atoms with Gasteiger partial charge in [-0.2, -0.15) is 0 Å². The van der Waals surface area contributed by atoms with Crippen molar-refractivity contribution in [3.63, 3.8) is 0 Å². The normalized spacial score (nSPS) is 9.91. The molecule has 0 spiro atoms. The van der Waals surface area contributed by atoms with Crippen molar-refractivity contribution in [3.05, 3.63) is 42.4 Å². The number of ether oxygens (including phenoxy) is 1. The summed E-state index contributed by atoms with van der Waals surface area (Å²) in [6, 6.07) is 6.38. The fraction of sp³-hybridized carbons (Fsp3) is 0.200. The van der Waals surface area contributed by atoms with Gasteiger partial charge in [0, 0.05) is 18.2 Å². The standard InChI is InChI=1S/C15H16N4O3/c1-3-14(20)18-11-8-10(4-5-12(11)22-2)15(21)19-13-6-7-16-9-17-13/h4-9H,3H2,1-2H3,(H,18,20)(H,16,17,19,21). The summed E-state index contributed by atoms with van der Waals surface area (Å²) >= 11 is 0. The summed E-state index contributed by atoms with van der Waals surface area (Å²) in [5.74, 6) is 0.385. The van der Waals surface area contributed by atoms with E-state index in [2.05, 4.69) is 20.6 Å². The Morgan fingerprint density at radius 1 is 1.23 bits per heavy atom. The van der Waals surface area contributed by atoms with Gasteiger partial charge >= 0.3 is 0 Å². The van der Waals surface area contributed by atoms with Crippen molar-refractivity contribution in [2.24, 2.45) is 0 Å². The molecular weight excluding hydrogens is 284 g/mol. The van der Waals surface area contributed by atoms with E-state index >= 15 is 0 Å². The minimum absolute atomic E-state index is 0.161. The predicted molar refractivity (Wildman–Crippen MR) is 81.9 cm³/mol. The second-order valence-corrected chi connectivity index (χ2v) is 4.37. The number of carbonyl (C=O) groups is 2. The first kappa shape index (κ1) is 15.4. The molecule has 114 valence electrons. The van der Waals surface area contributed by atoms with Gasteiger partial charge in [-0.3, -0.25) is 9.59 Å². The molecule has 0 aliphatic heterocycles. The Morgan fingerprint density at radius 3 is 2.68 bits per heavy atom. The van der Waals surface area contributed by atoms with Crippen LogP contribution in [-0.4, -0.2) is 28.9 Å². The average molecular weight is 300 g/mol. The fourth-order valence-corrected chi connectivity index (χ4v) is 1.74. The molecule has 2 aromatic rings. The van der Waals surface area contributed by atoms with Crippen LogP contribution in [0.15, 0.2) is 36.8 Å². The van der Waals surface area contributed by atoms with E-state index in [1.54, 1.807) is 31.2 Å². The molecule has 2 amide bonds. The van der Waals surface area contributed by atoms with Gasteiger partial charge in [0.25, 0.3) is 5.91 Å². The Balaban J connectivity index is 2.22. The number of nitrogens with zero attached hydrogens (tertiary/aromatic N) is 2. The lowest BCUT2D eigenvalue weighted by molar-refractivity contribution is -0.115. The van der Waals surface area contributed by atoms with Crippen molar-refractivity contribution in [1.82, 2.24) is 9.97 Å². The van der Waals surface area contributed by atoms with Gasteiger partial charge < -0.3 is 15.4 Å². The Labute approximate surface area is 127 Å². The average Bonchev–Trinajstić information content (AvgIpc) is 2.55. The lowest BCUT2D eigenvalue weighted by Crippen LogP contribution is -2.15. The lowest BCUT2D eigenvalue weighted by Gasteiger charge is -2.11. The van der Waals surface area contributed by atoms with Crippen LogP contribution in [0.4, 0.5) is 11.5 Å². The molecule has 0 saturated heterocycles. The molecule has 1 heterocycles. The summed E-state index contributed by atoms with van der Waals surface area (Å²) in [7, 11) is 1.50. The molecule has 2 N–H and O–H groups in total. The predicted octanol–water partition coefficient (Wildman–Crippen LogP) is 2.09.